The third-order valence-corrected chi connectivity index (χ3v) is 6.92. The van der Waals surface area contributed by atoms with Crippen molar-refractivity contribution in [2.24, 2.45) is 0 Å². The number of rotatable bonds is 5. The van der Waals surface area contributed by atoms with E-state index in [0.717, 1.165) is 28.7 Å². The second-order valence-electron chi connectivity index (χ2n) is 7.56. The third-order valence-electron chi connectivity index (χ3n) is 5.69. The maximum Gasteiger partial charge on any atom is 0.339 e. The molecule has 2 aliphatic carbocycles. The summed E-state index contributed by atoms with van der Waals surface area (Å²) < 4.78 is 42.9. The molecule has 0 N–H and O–H groups in total. The van der Waals surface area contributed by atoms with Crippen LogP contribution in [0.2, 0.25) is 0 Å². The standard InChI is InChI=1S/C23H24O6S/c1-14-7-10-16(11-8-14)30(25,26)29-23-21-15(13-20(27-2)22(23)28-3)9-12-19(24)17-5-4-6-18(17)21/h7-8,10-11,13H,4-6,9,12H2,1-3H3. The number of benzene rings is 2. The van der Waals surface area contributed by atoms with Crippen LogP contribution in [0.5, 0.6) is 17.2 Å². The molecule has 0 heterocycles. The molecule has 0 amide bonds. The molecule has 0 fully saturated rings. The van der Waals surface area contributed by atoms with Gasteiger partial charge < -0.3 is 13.7 Å². The summed E-state index contributed by atoms with van der Waals surface area (Å²) in [7, 11) is -1.18. The Morgan fingerprint density at radius 3 is 2.23 bits per heavy atom. The molecule has 30 heavy (non-hydrogen) atoms. The van der Waals surface area contributed by atoms with Crippen LogP contribution in [0.1, 0.15) is 42.4 Å². The molecular weight excluding hydrogens is 404 g/mol. The number of fused-ring (bicyclic) bond motifs is 2. The van der Waals surface area contributed by atoms with Gasteiger partial charge in [0.05, 0.1) is 14.2 Å². The molecule has 0 atom stereocenters. The Morgan fingerprint density at radius 2 is 1.57 bits per heavy atom. The summed E-state index contributed by atoms with van der Waals surface area (Å²) in [6.07, 6.45) is 3.12. The van der Waals surface area contributed by atoms with Crippen LogP contribution in [0, 0.1) is 6.92 Å². The number of hydrogen-bond donors (Lipinski definition) is 0. The van der Waals surface area contributed by atoms with Crippen molar-refractivity contribution in [3.05, 3.63) is 52.6 Å². The first-order valence-electron chi connectivity index (χ1n) is 9.90. The highest BCUT2D eigenvalue weighted by Crippen LogP contribution is 2.51. The van der Waals surface area contributed by atoms with Crippen LogP contribution in [0.15, 0.2) is 40.8 Å². The van der Waals surface area contributed by atoms with Crippen LogP contribution in [0.4, 0.5) is 0 Å². The lowest BCUT2D eigenvalue weighted by molar-refractivity contribution is -0.115. The number of hydrogen-bond acceptors (Lipinski definition) is 6. The van der Waals surface area contributed by atoms with Gasteiger partial charge in [-0.25, -0.2) is 0 Å². The van der Waals surface area contributed by atoms with Gasteiger partial charge in [-0.1, -0.05) is 17.7 Å². The fourth-order valence-electron chi connectivity index (χ4n) is 4.21. The van der Waals surface area contributed by atoms with E-state index in [2.05, 4.69) is 0 Å². The summed E-state index contributed by atoms with van der Waals surface area (Å²) in [5.41, 5.74) is 4.07. The van der Waals surface area contributed by atoms with Crippen molar-refractivity contribution in [1.29, 1.82) is 0 Å². The number of allylic oxidation sites excluding steroid dienone is 2. The highest BCUT2D eigenvalue weighted by atomic mass is 32.2. The van der Waals surface area contributed by atoms with E-state index in [-0.39, 0.29) is 22.2 Å². The average Bonchev–Trinajstić information content (AvgIpc) is 3.16. The maximum absolute atomic E-state index is 13.1. The van der Waals surface area contributed by atoms with Gasteiger partial charge in [-0.2, -0.15) is 8.42 Å². The van der Waals surface area contributed by atoms with E-state index in [4.69, 9.17) is 13.7 Å². The first-order chi connectivity index (χ1) is 14.4. The molecule has 0 saturated heterocycles. The van der Waals surface area contributed by atoms with E-state index in [1.807, 2.05) is 13.0 Å². The second kappa shape index (κ2) is 7.80. The molecule has 158 valence electrons. The van der Waals surface area contributed by atoms with Crippen LogP contribution < -0.4 is 13.7 Å². The average molecular weight is 429 g/mol. The molecule has 0 radical (unpaired) electrons. The van der Waals surface area contributed by atoms with Crippen LogP contribution >= 0.6 is 0 Å². The molecule has 0 aromatic heterocycles. The van der Waals surface area contributed by atoms with Gasteiger partial charge in [0.25, 0.3) is 0 Å². The number of carbonyl (C=O) groups is 1. The lowest BCUT2D eigenvalue weighted by Gasteiger charge is -2.21. The Labute approximate surface area is 176 Å². The van der Waals surface area contributed by atoms with Crippen molar-refractivity contribution in [2.45, 2.75) is 43.9 Å². The van der Waals surface area contributed by atoms with Gasteiger partial charge in [0.2, 0.25) is 5.75 Å². The van der Waals surface area contributed by atoms with E-state index in [1.165, 1.54) is 26.4 Å². The van der Waals surface area contributed by atoms with E-state index >= 15 is 0 Å². The Balaban J connectivity index is 1.94. The zero-order chi connectivity index (χ0) is 21.5. The molecule has 0 unspecified atom stereocenters. The van der Waals surface area contributed by atoms with Crippen molar-refractivity contribution in [2.75, 3.05) is 14.2 Å². The van der Waals surface area contributed by atoms with E-state index < -0.39 is 10.1 Å². The number of methoxy groups -OCH3 is 2. The number of ketones is 1. The van der Waals surface area contributed by atoms with Crippen LogP contribution in [0.25, 0.3) is 5.57 Å². The van der Waals surface area contributed by atoms with E-state index in [1.54, 1.807) is 12.1 Å². The van der Waals surface area contributed by atoms with Gasteiger partial charge in [0.15, 0.2) is 17.3 Å². The van der Waals surface area contributed by atoms with Gasteiger partial charge in [-0.3, -0.25) is 4.79 Å². The summed E-state index contributed by atoms with van der Waals surface area (Å²) in [5.74, 6) is 0.792. The third kappa shape index (κ3) is 3.47. The molecule has 6 nitrogen and oxygen atoms in total. The fraction of sp³-hybridized carbons (Fsp3) is 0.348. The molecule has 2 aliphatic rings. The van der Waals surface area contributed by atoms with Crippen molar-refractivity contribution in [3.8, 4) is 17.2 Å². The first-order valence-corrected chi connectivity index (χ1v) is 11.3. The van der Waals surface area contributed by atoms with Gasteiger partial charge >= 0.3 is 10.1 Å². The molecule has 0 spiro atoms. The molecule has 7 heteroatoms. The van der Waals surface area contributed by atoms with Crippen LogP contribution in [-0.2, 0) is 21.3 Å². The molecule has 0 aliphatic heterocycles. The summed E-state index contributed by atoms with van der Waals surface area (Å²) in [6.45, 7) is 1.88. The lowest BCUT2D eigenvalue weighted by atomic mass is 9.95. The predicted octanol–water partition coefficient (Wildman–Crippen LogP) is 4.23. The number of Topliss-reactive ketones (excluding diaryl/α,β-unsaturated/α-hetero) is 1. The fourth-order valence-corrected chi connectivity index (χ4v) is 5.15. The van der Waals surface area contributed by atoms with Gasteiger partial charge in [0.1, 0.15) is 4.90 Å². The molecule has 0 saturated carbocycles. The molecule has 0 bridgehead atoms. The lowest BCUT2D eigenvalue weighted by Crippen LogP contribution is -2.13. The minimum Gasteiger partial charge on any atom is -0.493 e. The number of ether oxygens (including phenoxy) is 2. The topological polar surface area (TPSA) is 78.9 Å². The molecule has 4 rings (SSSR count). The molecule has 2 aromatic rings. The van der Waals surface area contributed by atoms with Crippen molar-refractivity contribution in [3.63, 3.8) is 0 Å². The minimum atomic E-state index is -4.12. The highest BCUT2D eigenvalue weighted by Gasteiger charge is 2.34. The van der Waals surface area contributed by atoms with Crippen LogP contribution in [0.3, 0.4) is 0 Å². The smallest absolute Gasteiger partial charge is 0.339 e. The SMILES string of the molecule is COc1cc2c(c(OS(=O)(=O)c3ccc(C)cc3)c1OC)C1=C(CCC1)C(=O)CC2. The monoisotopic (exact) mass is 428 g/mol. The zero-order valence-electron chi connectivity index (χ0n) is 17.3. The summed E-state index contributed by atoms with van der Waals surface area (Å²) in [4.78, 5) is 12.7. The molecular formula is C23H24O6S. The van der Waals surface area contributed by atoms with Crippen LogP contribution in [-0.4, -0.2) is 28.4 Å². The summed E-state index contributed by atoms with van der Waals surface area (Å²) >= 11 is 0. The Bertz CT molecular complexity index is 1140. The molecule has 2 aromatic carbocycles. The van der Waals surface area contributed by atoms with E-state index in [0.29, 0.717) is 37.0 Å². The maximum atomic E-state index is 13.1. The Morgan fingerprint density at radius 1 is 0.867 bits per heavy atom. The quantitative estimate of drug-likeness (QED) is 0.663. The van der Waals surface area contributed by atoms with Gasteiger partial charge in [-0.15, -0.1) is 0 Å². The zero-order valence-corrected chi connectivity index (χ0v) is 18.1. The van der Waals surface area contributed by atoms with E-state index in [9.17, 15) is 13.2 Å². The minimum absolute atomic E-state index is 0.0528. The van der Waals surface area contributed by atoms with Gasteiger partial charge in [0, 0.05) is 12.0 Å². The number of aryl methyl sites for hydroxylation is 2. The van der Waals surface area contributed by atoms with Gasteiger partial charge in [-0.05, 0) is 67.5 Å². The highest BCUT2D eigenvalue weighted by molar-refractivity contribution is 7.87. The largest absolute Gasteiger partial charge is 0.493 e. The predicted molar refractivity (Wildman–Crippen MR) is 113 cm³/mol. The Kier molecular flexibility index (Phi) is 5.32. The second-order valence-corrected chi connectivity index (χ2v) is 9.11. The Hall–Kier alpha value is -2.80. The number of carbonyl (C=O) groups excluding carboxylic acids is 1. The van der Waals surface area contributed by atoms with Crippen molar-refractivity contribution >= 4 is 21.5 Å². The summed E-state index contributed by atoms with van der Waals surface area (Å²) in [5, 5.41) is 0. The first kappa shape index (κ1) is 20.5. The van der Waals surface area contributed by atoms with Crippen molar-refractivity contribution < 1.29 is 26.9 Å². The van der Waals surface area contributed by atoms with Crippen molar-refractivity contribution in [1.82, 2.24) is 0 Å². The summed E-state index contributed by atoms with van der Waals surface area (Å²) in [6, 6.07) is 8.28. The normalized spacial score (nSPS) is 16.0.